The van der Waals surface area contributed by atoms with Crippen LogP contribution in [0, 0.1) is 40.4 Å². The number of ketones is 1. The van der Waals surface area contributed by atoms with Crippen molar-refractivity contribution in [2.45, 2.75) is 83.8 Å². The van der Waals surface area contributed by atoms with Crippen molar-refractivity contribution in [2.75, 3.05) is 13.7 Å². The van der Waals surface area contributed by atoms with Gasteiger partial charge >= 0.3 is 0 Å². The highest BCUT2D eigenvalue weighted by Crippen LogP contribution is 2.68. The van der Waals surface area contributed by atoms with E-state index in [-0.39, 0.29) is 16.7 Å². The summed E-state index contributed by atoms with van der Waals surface area (Å²) in [4.78, 5) is 17.8. The molecule has 0 amide bonds. The first-order valence-corrected chi connectivity index (χ1v) is 13.8. The van der Waals surface area contributed by atoms with Crippen molar-refractivity contribution in [3.63, 3.8) is 0 Å². The summed E-state index contributed by atoms with van der Waals surface area (Å²) >= 11 is 0. The summed E-state index contributed by atoms with van der Waals surface area (Å²) in [7, 11) is 1.86. The van der Waals surface area contributed by atoms with Gasteiger partial charge in [0.15, 0.2) is 5.78 Å². The molecule has 6 nitrogen and oxygen atoms in total. The Hall–Kier alpha value is -1.79. The molecule has 2 aromatic heterocycles. The van der Waals surface area contributed by atoms with Gasteiger partial charge in [0.05, 0.1) is 24.9 Å². The molecular weight excluding hydrogens is 438 g/mol. The Kier molecular flexibility index (Phi) is 5.65. The average Bonchev–Trinajstić information content (AvgIpc) is 3.39. The summed E-state index contributed by atoms with van der Waals surface area (Å²) in [6.45, 7) is 5.64. The lowest BCUT2D eigenvalue weighted by molar-refractivity contribution is -0.175. The highest BCUT2D eigenvalue weighted by Gasteiger charge is 2.63. The lowest BCUT2D eigenvalue weighted by Crippen LogP contribution is -2.58. The highest BCUT2D eigenvalue weighted by atomic mass is 16.5. The SMILES string of the molecule is COC[C@]12CC[C@@](C)(O)C[C@@H]1CC[C@H]1[C@@H]3CC[C@H](C(=O)Cn4cc5ccncc5n4)[C@@]3(C)CC[C@@H]12. The van der Waals surface area contributed by atoms with E-state index >= 15 is 0 Å². The second kappa shape index (κ2) is 8.37. The van der Waals surface area contributed by atoms with Crippen molar-refractivity contribution >= 4 is 16.7 Å². The number of aliphatic hydroxyl groups is 1. The van der Waals surface area contributed by atoms with Gasteiger partial charge in [-0.15, -0.1) is 0 Å². The normalized spacial score (nSPS) is 42.9. The average molecular weight is 480 g/mol. The number of rotatable bonds is 5. The van der Waals surface area contributed by atoms with Gasteiger partial charge in [-0.1, -0.05) is 6.92 Å². The maximum Gasteiger partial charge on any atom is 0.157 e. The van der Waals surface area contributed by atoms with Gasteiger partial charge in [-0.2, -0.15) is 5.10 Å². The van der Waals surface area contributed by atoms with Gasteiger partial charge in [-0.05, 0) is 105 Å². The fourth-order valence-corrected chi connectivity index (χ4v) is 9.58. The fraction of sp³-hybridized carbons (Fsp3) is 0.759. The molecule has 4 fully saturated rings. The first kappa shape index (κ1) is 23.6. The van der Waals surface area contributed by atoms with E-state index in [0.717, 1.165) is 49.6 Å². The van der Waals surface area contributed by atoms with Crippen molar-refractivity contribution in [3.8, 4) is 0 Å². The number of carbonyl (C=O) groups is 1. The molecule has 0 aromatic carbocycles. The van der Waals surface area contributed by atoms with Gasteiger partial charge in [-0.25, -0.2) is 0 Å². The molecule has 35 heavy (non-hydrogen) atoms. The van der Waals surface area contributed by atoms with Gasteiger partial charge in [0, 0.05) is 30.8 Å². The Morgan fingerprint density at radius 2 is 2.00 bits per heavy atom. The number of Topliss-reactive ketones (excluding diaryl/α,β-unsaturated/α-hetero) is 1. The largest absolute Gasteiger partial charge is 0.390 e. The Labute approximate surface area is 208 Å². The lowest BCUT2D eigenvalue weighted by atomic mass is 9.43. The van der Waals surface area contributed by atoms with E-state index in [0.29, 0.717) is 36.0 Å². The number of ether oxygens (including phenoxy) is 1. The van der Waals surface area contributed by atoms with Crippen molar-refractivity contribution in [1.29, 1.82) is 0 Å². The summed E-state index contributed by atoms with van der Waals surface area (Å²) in [6, 6.07) is 1.95. The van der Waals surface area contributed by atoms with Crippen LogP contribution >= 0.6 is 0 Å². The van der Waals surface area contributed by atoms with Crippen molar-refractivity contribution in [3.05, 3.63) is 24.7 Å². The number of carbonyl (C=O) groups excluding carboxylic acids is 1. The molecule has 0 spiro atoms. The van der Waals surface area contributed by atoms with E-state index in [1.165, 1.54) is 25.7 Å². The molecule has 0 aliphatic heterocycles. The number of pyridine rings is 1. The number of methoxy groups -OCH3 is 1. The van der Waals surface area contributed by atoms with E-state index < -0.39 is 5.60 Å². The maximum absolute atomic E-state index is 13.7. The van der Waals surface area contributed by atoms with E-state index in [1.54, 1.807) is 12.4 Å². The predicted octanol–water partition coefficient (Wildman–Crippen LogP) is 5.04. The smallest absolute Gasteiger partial charge is 0.157 e. The molecule has 4 saturated carbocycles. The maximum atomic E-state index is 13.7. The zero-order valence-corrected chi connectivity index (χ0v) is 21.6. The van der Waals surface area contributed by atoms with Gasteiger partial charge in [-0.3, -0.25) is 14.5 Å². The van der Waals surface area contributed by atoms with Crippen LogP contribution in [0.15, 0.2) is 24.7 Å². The fourth-order valence-electron chi connectivity index (χ4n) is 9.58. The Morgan fingerprint density at radius 3 is 2.80 bits per heavy atom. The zero-order valence-electron chi connectivity index (χ0n) is 21.6. The number of aromatic nitrogens is 3. The molecule has 2 heterocycles. The molecule has 4 aliphatic rings. The number of nitrogens with zero attached hydrogens (tertiary/aromatic N) is 3. The molecule has 1 N–H and O–H groups in total. The van der Waals surface area contributed by atoms with Crippen LogP contribution in [0.25, 0.3) is 10.9 Å². The van der Waals surface area contributed by atoms with Crippen molar-refractivity contribution < 1.29 is 14.6 Å². The monoisotopic (exact) mass is 479 g/mol. The van der Waals surface area contributed by atoms with Gasteiger partial charge in [0.25, 0.3) is 0 Å². The minimum absolute atomic E-state index is 0.0909. The molecule has 190 valence electrons. The molecule has 0 unspecified atom stereocenters. The Morgan fingerprint density at radius 1 is 1.14 bits per heavy atom. The van der Waals surface area contributed by atoms with Crippen LogP contribution in [0.2, 0.25) is 0 Å². The zero-order chi connectivity index (χ0) is 24.4. The molecule has 4 aliphatic carbocycles. The summed E-state index contributed by atoms with van der Waals surface area (Å²) in [6.07, 6.45) is 15.3. The van der Waals surface area contributed by atoms with Gasteiger partial charge in [0.2, 0.25) is 0 Å². The third-order valence-corrected chi connectivity index (χ3v) is 11.1. The molecule has 0 radical (unpaired) electrons. The summed E-state index contributed by atoms with van der Waals surface area (Å²) in [5.41, 5.74) is 0.610. The third-order valence-electron chi connectivity index (χ3n) is 11.1. The first-order chi connectivity index (χ1) is 16.8. The quantitative estimate of drug-likeness (QED) is 0.650. The molecule has 6 heteroatoms. The van der Waals surface area contributed by atoms with Crippen LogP contribution in [0.3, 0.4) is 0 Å². The number of hydrogen-bond acceptors (Lipinski definition) is 5. The highest BCUT2D eigenvalue weighted by molar-refractivity contribution is 5.83. The predicted molar refractivity (Wildman–Crippen MR) is 135 cm³/mol. The standard InChI is InChI=1S/C29H41N3O3/c1-27(34)11-12-29(18-35-3)20(14-27)4-5-21-22-6-7-24(28(22,2)10-8-23(21)29)26(33)17-32-16-19-9-13-30-15-25(19)31-32/h9,13,15-16,20-24,34H,4-8,10-12,14,17-18H2,1-3H3/t20-,21-,22-,23-,24+,27+,28-,29+/m0/s1. The van der Waals surface area contributed by atoms with E-state index in [2.05, 4.69) is 17.0 Å². The Bertz CT molecular complexity index is 1080. The van der Waals surface area contributed by atoms with Gasteiger partial charge in [0.1, 0.15) is 5.52 Å². The van der Waals surface area contributed by atoms with Crippen LogP contribution in [-0.4, -0.2) is 45.0 Å². The molecule has 0 saturated heterocycles. The number of hydrogen-bond donors (Lipinski definition) is 1. The first-order valence-electron chi connectivity index (χ1n) is 13.8. The number of fused-ring (bicyclic) bond motifs is 6. The second-order valence-electron chi connectivity index (χ2n) is 12.9. The minimum atomic E-state index is -0.532. The van der Waals surface area contributed by atoms with Crippen LogP contribution in [-0.2, 0) is 16.1 Å². The van der Waals surface area contributed by atoms with Gasteiger partial charge < -0.3 is 9.84 Å². The van der Waals surface area contributed by atoms with Crippen LogP contribution in [0.5, 0.6) is 0 Å². The second-order valence-corrected chi connectivity index (χ2v) is 12.9. The van der Waals surface area contributed by atoms with Crippen molar-refractivity contribution in [2.24, 2.45) is 40.4 Å². The van der Waals surface area contributed by atoms with E-state index in [9.17, 15) is 9.90 Å². The topological polar surface area (TPSA) is 77.2 Å². The van der Waals surface area contributed by atoms with Crippen molar-refractivity contribution in [1.82, 2.24) is 14.8 Å². The van der Waals surface area contributed by atoms with Crippen LogP contribution in [0.1, 0.15) is 71.6 Å². The Balaban J connectivity index is 1.23. The van der Waals surface area contributed by atoms with Crippen LogP contribution < -0.4 is 0 Å². The summed E-state index contributed by atoms with van der Waals surface area (Å²) < 4.78 is 7.72. The molecule has 0 bridgehead atoms. The minimum Gasteiger partial charge on any atom is -0.390 e. The third kappa shape index (κ3) is 3.69. The molecule has 6 rings (SSSR count). The molecule has 2 aromatic rings. The summed E-state index contributed by atoms with van der Waals surface area (Å²) in [5, 5.41) is 16.5. The van der Waals surface area contributed by atoms with E-state index in [4.69, 9.17) is 4.74 Å². The van der Waals surface area contributed by atoms with Crippen LogP contribution in [0.4, 0.5) is 0 Å². The molecular formula is C29H41N3O3. The lowest BCUT2D eigenvalue weighted by Gasteiger charge is -2.62. The molecule has 8 atom stereocenters. The summed E-state index contributed by atoms with van der Waals surface area (Å²) in [5.74, 6) is 2.99. The van der Waals surface area contributed by atoms with E-state index in [1.807, 2.05) is 31.0 Å².